The smallest absolute Gasteiger partial charge is 0.305 e. The Hall–Kier alpha value is -1.10. The normalized spacial score (nSPS) is 18.9. The van der Waals surface area contributed by atoms with Crippen LogP contribution in [0.25, 0.3) is 0 Å². The molecule has 0 heterocycles. The lowest BCUT2D eigenvalue weighted by molar-refractivity contribution is -0.139. The van der Waals surface area contributed by atoms with Gasteiger partial charge in [-0.2, -0.15) is 0 Å². The third kappa shape index (κ3) is 4.61. The number of nitrogens with two attached hydrogens (primary N) is 1. The Kier molecular flexibility index (Phi) is 4.73. The molecule has 2 unspecified atom stereocenters. The Morgan fingerprint density at radius 3 is 2.56 bits per heavy atom. The summed E-state index contributed by atoms with van der Waals surface area (Å²) in [6, 6.07) is -0.800. The maximum Gasteiger partial charge on any atom is 0.305 e. The summed E-state index contributed by atoms with van der Waals surface area (Å²) in [5.41, 5.74) is 5.47. The highest BCUT2D eigenvalue weighted by atomic mass is 16.4. The van der Waals surface area contributed by atoms with E-state index in [-0.39, 0.29) is 18.4 Å². The molecule has 0 bridgehead atoms. The fraction of sp³-hybridized carbons (Fsp3) is 0.818. The quantitative estimate of drug-likeness (QED) is 0.591. The topological polar surface area (TPSA) is 92.4 Å². The molecule has 0 aliphatic heterocycles. The molecule has 2 atom stereocenters. The molecule has 16 heavy (non-hydrogen) atoms. The van der Waals surface area contributed by atoms with Crippen LogP contribution in [0, 0.1) is 5.92 Å². The fourth-order valence-corrected chi connectivity index (χ4v) is 1.67. The number of carbonyl (C=O) groups is 2. The van der Waals surface area contributed by atoms with Crippen molar-refractivity contribution >= 4 is 11.9 Å². The maximum absolute atomic E-state index is 11.6. The van der Waals surface area contributed by atoms with Gasteiger partial charge in [-0.3, -0.25) is 9.59 Å². The van der Waals surface area contributed by atoms with Crippen molar-refractivity contribution in [3.8, 4) is 0 Å². The Bertz CT molecular complexity index is 264. The average Bonchev–Trinajstić information content (AvgIpc) is 2.99. The number of rotatable bonds is 7. The molecule has 1 aliphatic rings. The third-order valence-corrected chi connectivity index (χ3v) is 2.89. The van der Waals surface area contributed by atoms with E-state index in [1.54, 1.807) is 0 Å². The van der Waals surface area contributed by atoms with Crippen LogP contribution in [0.15, 0.2) is 0 Å². The van der Waals surface area contributed by atoms with E-state index in [0.717, 1.165) is 18.8 Å². The molecule has 1 saturated carbocycles. The Morgan fingerprint density at radius 2 is 2.12 bits per heavy atom. The van der Waals surface area contributed by atoms with Crippen molar-refractivity contribution in [3.05, 3.63) is 0 Å². The van der Waals surface area contributed by atoms with Crippen LogP contribution in [0.2, 0.25) is 0 Å². The summed E-state index contributed by atoms with van der Waals surface area (Å²) in [6.45, 7) is 2.01. The first-order valence-electron chi connectivity index (χ1n) is 5.80. The summed E-state index contributed by atoms with van der Waals surface area (Å²) >= 11 is 0. The average molecular weight is 228 g/mol. The first-order valence-corrected chi connectivity index (χ1v) is 5.80. The number of carboxylic acids is 1. The molecule has 5 nitrogen and oxygen atoms in total. The highest BCUT2D eigenvalue weighted by Gasteiger charge is 2.26. The summed E-state index contributed by atoms with van der Waals surface area (Å²) < 4.78 is 0. The van der Waals surface area contributed by atoms with Gasteiger partial charge in [0.2, 0.25) is 5.91 Å². The Morgan fingerprint density at radius 1 is 1.50 bits per heavy atom. The second-order valence-electron chi connectivity index (χ2n) is 4.50. The molecule has 1 aliphatic carbocycles. The minimum Gasteiger partial charge on any atom is -0.481 e. The monoisotopic (exact) mass is 228 g/mol. The largest absolute Gasteiger partial charge is 0.481 e. The van der Waals surface area contributed by atoms with E-state index < -0.39 is 12.0 Å². The van der Waals surface area contributed by atoms with Gasteiger partial charge in [0, 0.05) is 6.04 Å². The van der Waals surface area contributed by atoms with Crippen LogP contribution in [0.3, 0.4) is 0 Å². The fourth-order valence-electron chi connectivity index (χ4n) is 1.67. The van der Waals surface area contributed by atoms with Crippen molar-refractivity contribution in [1.82, 2.24) is 5.32 Å². The summed E-state index contributed by atoms with van der Waals surface area (Å²) in [7, 11) is 0. The van der Waals surface area contributed by atoms with Gasteiger partial charge in [0.05, 0.1) is 12.5 Å². The van der Waals surface area contributed by atoms with Gasteiger partial charge in [-0.1, -0.05) is 19.8 Å². The van der Waals surface area contributed by atoms with Gasteiger partial charge in [0.1, 0.15) is 0 Å². The summed E-state index contributed by atoms with van der Waals surface area (Å²) in [6.07, 6.45) is 4.02. The molecule has 0 radical (unpaired) electrons. The van der Waals surface area contributed by atoms with Gasteiger partial charge in [0.25, 0.3) is 0 Å². The predicted molar refractivity (Wildman–Crippen MR) is 59.8 cm³/mol. The standard InChI is InChI=1S/C11H20N2O3/c1-2-8(5-7-3-4-7)13-11(16)9(12)6-10(14)15/h7-9H,2-6,12H2,1H3,(H,13,16)(H,14,15). The number of hydrogen-bond acceptors (Lipinski definition) is 3. The molecule has 0 aromatic carbocycles. The molecule has 1 fully saturated rings. The van der Waals surface area contributed by atoms with E-state index in [4.69, 9.17) is 10.8 Å². The van der Waals surface area contributed by atoms with E-state index in [2.05, 4.69) is 5.32 Å². The molecule has 1 rings (SSSR count). The lowest BCUT2D eigenvalue weighted by atomic mass is 10.1. The van der Waals surface area contributed by atoms with Crippen LogP contribution < -0.4 is 11.1 Å². The van der Waals surface area contributed by atoms with Crippen molar-refractivity contribution in [2.45, 2.75) is 51.1 Å². The minimum atomic E-state index is -1.04. The first-order chi connectivity index (χ1) is 7.52. The predicted octanol–water partition coefficient (Wildman–Crippen LogP) is 0.483. The summed E-state index contributed by atoms with van der Waals surface area (Å²) in [5, 5.41) is 11.3. The molecule has 0 spiro atoms. The Labute approximate surface area is 95.4 Å². The lowest BCUT2D eigenvalue weighted by Gasteiger charge is -2.18. The van der Waals surface area contributed by atoms with E-state index in [0.29, 0.717) is 0 Å². The van der Waals surface area contributed by atoms with Gasteiger partial charge in [-0.25, -0.2) is 0 Å². The SMILES string of the molecule is CCC(CC1CC1)NC(=O)C(N)CC(=O)O. The van der Waals surface area contributed by atoms with E-state index >= 15 is 0 Å². The zero-order valence-electron chi connectivity index (χ0n) is 9.61. The number of hydrogen-bond donors (Lipinski definition) is 3. The van der Waals surface area contributed by atoms with Crippen molar-refractivity contribution in [1.29, 1.82) is 0 Å². The zero-order valence-corrected chi connectivity index (χ0v) is 9.61. The van der Waals surface area contributed by atoms with Crippen molar-refractivity contribution in [2.24, 2.45) is 11.7 Å². The first kappa shape index (κ1) is 13.0. The maximum atomic E-state index is 11.6. The lowest BCUT2D eigenvalue weighted by Crippen LogP contribution is -2.46. The molecule has 4 N–H and O–H groups in total. The van der Waals surface area contributed by atoms with Gasteiger partial charge in [0.15, 0.2) is 0 Å². The van der Waals surface area contributed by atoms with Gasteiger partial charge < -0.3 is 16.2 Å². The minimum absolute atomic E-state index is 0.139. The highest BCUT2D eigenvalue weighted by molar-refractivity contribution is 5.86. The second-order valence-corrected chi connectivity index (χ2v) is 4.50. The molecule has 92 valence electrons. The van der Waals surface area contributed by atoms with Crippen molar-refractivity contribution in [2.75, 3.05) is 0 Å². The van der Waals surface area contributed by atoms with E-state index in [9.17, 15) is 9.59 Å². The van der Waals surface area contributed by atoms with Crippen molar-refractivity contribution in [3.63, 3.8) is 0 Å². The Balaban J connectivity index is 2.31. The van der Waals surface area contributed by atoms with Gasteiger partial charge in [-0.15, -0.1) is 0 Å². The summed E-state index contributed by atoms with van der Waals surface area (Å²) in [5.74, 6) is -0.659. The van der Waals surface area contributed by atoms with Crippen LogP contribution >= 0.6 is 0 Å². The van der Waals surface area contributed by atoms with E-state index in [1.165, 1.54) is 12.8 Å². The zero-order chi connectivity index (χ0) is 12.1. The van der Waals surface area contributed by atoms with Crippen LogP contribution in [0.1, 0.15) is 39.0 Å². The number of amides is 1. The van der Waals surface area contributed by atoms with Crippen LogP contribution in [-0.2, 0) is 9.59 Å². The molecule has 0 aromatic heterocycles. The van der Waals surface area contributed by atoms with Crippen LogP contribution in [0.5, 0.6) is 0 Å². The number of aliphatic carboxylic acids is 1. The third-order valence-electron chi connectivity index (χ3n) is 2.89. The number of carboxylic acid groups (broad SMARTS) is 1. The molecule has 1 amide bonds. The molecular formula is C11H20N2O3. The molecular weight excluding hydrogens is 208 g/mol. The second kappa shape index (κ2) is 5.84. The van der Waals surface area contributed by atoms with Crippen LogP contribution in [-0.4, -0.2) is 29.1 Å². The number of carbonyl (C=O) groups excluding carboxylic acids is 1. The molecule has 0 saturated heterocycles. The van der Waals surface area contributed by atoms with Gasteiger partial charge >= 0.3 is 5.97 Å². The van der Waals surface area contributed by atoms with Crippen molar-refractivity contribution < 1.29 is 14.7 Å². The highest BCUT2D eigenvalue weighted by Crippen LogP contribution is 2.33. The summed E-state index contributed by atoms with van der Waals surface area (Å²) in [4.78, 5) is 21.9. The molecule has 0 aromatic rings. The van der Waals surface area contributed by atoms with E-state index in [1.807, 2.05) is 6.92 Å². The molecule has 5 heteroatoms. The number of nitrogens with one attached hydrogen (secondary N) is 1. The van der Waals surface area contributed by atoms with Crippen LogP contribution in [0.4, 0.5) is 0 Å². The van der Waals surface area contributed by atoms with Gasteiger partial charge in [-0.05, 0) is 18.8 Å².